The van der Waals surface area contributed by atoms with Crippen LogP contribution in [0.5, 0.6) is 0 Å². The number of hydrogen-bond acceptors (Lipinski definition) is 3. The van der Waals surface area contributed by atoms with E-state index in [0.29, 0.717) is 12.1 Å². The highest BCUT2D eigenvalue weighted by Gasteiger charge is 2.29. The van der Waals surface area contributed by atoms with Crippen molar-refractivity contribution >= 4 is 12.1 Å². The van der Waals surface area contributed by atoms with Gasteiger partial charge in [0.1, 0.15) is 6.29 Å². The molecular weight excluding hydrogens is 166 g/mol. The molecule has 1 heterocycles. The van der Waals surface area contributed by atoms with Crippen molar-refractivity contribution in [2.24, 2.45) is 5.92 Å². The van der Waals surface area contributed by atoms with Gasteiger partial charge in [0.05, 0.1) is 5.92 Å². The summed E-state index contributed by atoms with van der Waals surface area (Å²) in [6.07, 6.45) is 6.54. The van der Waals surface area contributed by atoms with Crippen LogP contribution in [0.2, 0.25) is 0 Å². The number of carbonyl (C=O) groups is 2. The Balaban J connectivity index is 2.29. The second kappa shape index (κ2) is 3.17. The monoisotopic (exact) mass is 177 g/mol. The molecule has 3 heteroatoms. The van der Waals surface area contributed by atoms with Gasteiger partial charge in [0, 0.05) is 17.8 Å². The summed E-state index contributed by atoms with van der Waals surface area (Å²) in [5.41, 5.74) is 1.61. The lowest BCUT2D eigenvalue weighted by Gasteiger charge is -2.25. The molecule has 1 N–H and O–H groups in total. The number of Topliss-reactive ketones (excluding diaryl/α,β-unsaturated/α-hetero) is 1. The number of fused-ring (bicyclic) bond motifs is 1. The Bertz CT molecular complexity index is 315. The van der Waals surface area contributed by atoms with Crippen molar-refractivity contribution in [3.05, 3.63) is 23.4 Å². The molecule has 1 fully saturated rings. The molecule has 0 amide bonds. The Morgan fingerprint density at radius 1 is 1.38 bits per heavy atom. The molecule has 1 saturated heterocycles. The normalized spacial score (nSPS) is 26.8. The van der Waals surface area contributed by atoms with Gasteiger partial charge in [0.25, 0.3) is 0 Å². The van der Waals surface area contributed by atoms with Crippen LogP contribution in [0, 0.1) is 5.92 Å². The maximum absolute atomic E-state index is 11.6. The molecular formula is C10H11NO2. The zero-order chi connectivity index (χ0) is 9.26. The molecule has 0 aromatic carbocycles. The molecule has 0 aromatic heterocycles. The smallest absolute Gasteiger partial charge is 0.176 e. The van der Waals surface area contributed by atoms with Crippen LogP contribution in [0.3, 0.4) is 0 Å². The van der Waals surface area contributed by atoms with Gasteiger partial charge in [-0.25, -0.2) is 0 Å². The molecule has 1 aliphatic carbocycles. The fourth-order valence-electron chi connectivity index (χ4n) is 1.70. The van der Waals surface area contributed by atoms with Gasteiger partial charge >= 0.3 is 0 Å². The summed E-state index contributed by atoms with van der Waals surface area (Å²) < 4.78 is 0. The van der Waals surface area contributed by atoms with Crippen molar-refractivity contribution in [1.82, 2.24) is 5.32 Å². The first kappa shape index (κ1) is 8.23. The second-order valence-electron chi connectivity index (χ2n) is 3.30. The number of carbonyl (C=O) groups excluding carboxylic acids is 2. The van der Waals surface area contributed by atoms with Crippen LogP contribution < -0.4 is 5.32 Å². The van der Waals surface area contributed by atoms with E-state index >= 15 is 0 Å². The highest BCUT2D eigenvalue weighted by molar-refractivity contribution is 6.08. The Labute approximate surface area is 76.5 Å². The zero-order valence-electron chi connectivity index (χ0n) is 7.25. The zero-order valence-corrected chi connectivity index (χ0v) is 7.25. The summed E-state index contributed by atoms with van der Waals surface area (Å²) in [6, 6.07) is 0. The van der Waals surface area contributed by atoms with E-state index in [1.807, 2.05) is 12.2 Å². The van der Waals surface area contributed by atoms with Gasteiger partial charge in [-0.3, -0.25) is 4.79 Å². The lowest BCUT2D eigenvalue weighted by Crippen LogP contribution is -2.38. The highest BCUT2D eigenvalue weighted by atomic mass is 16.1. The van der Waals surface area contributed by atoms with Crippen LogP contribution >= 0.6 is 0 Å². The fourth-order valence-corrected chi connectivity index (χ4v) is 1.70. The molecule has 1 aliphatic heterocycles. The first-order valence-corrected chi connectivity index (χ1v) is 4.47. The van der Waals surface area contributed by atoms with Gasteiger partial charge in [-0.05, 0) is 12.8 Å². The Morgan fingerprint density at radius 3 is 2.92 bits per heavy atom. The molecule has 2 aliphatic rings. The predicted octanol–water partition coefficient (Wildman–Crippen LogP) is 0.578. The van der Waals surface area contributed by atoms with E-state index < -0.39 is 5.92 Å². The lowest BCUT2D eigenvalue weighted by molar-refractivity contribution is -0.124. The van der Waals surface area contributed by atoms with E-state index in [0.717, 1.165) is 24.8 Å². The van der Waals surface area contributed by atoms with Crippen molar-refractivity contribution in [2.45, 2.75) is 12.8 Å². The van der Waals surface area contributed by atoms with Crippen molar-refractivity contribution < 1.29 is 9.59 Å². The lowest BCUT2D eigenvalue weighted by atomic mass is 9.89. The summed E-state index contributed by atoms with van der Waals surface area (Å²) in [4.78, 5) is 22.1. The molecule has 0 spiro atoms. The Hall–Kier alpha value is -1.38. The third-order valence-corrected chi connectivity index (χ3v) is 2.43. The highest BCUT2D eigenvalue weighted by Crippen LogP contribution is 2.23. The Kier molecular flexibility index (Phi) is 2.00. The molecule has 13 heavy (non-hydrogen) atoms. The number of allylic oxidation sites excluding steroid dienone is 3. The van der Waals surface area contributed by atoms with Crippen molar-refractivity contribution in [1.29, 1.82) is 0 Å². The van der Waals surface area contributed by atoms with Gasteiger partial charge in [-0.1, -0.05) is 12.2 Å². The van der Waals surface area contributed by atoms with E-state index in [-0.39, 0.29) is 5.78 Å². The number of ketones is 1. The summed E-state index contributed by atoms with van der Waals surface area (Å²) in [7, 11) is 0. The van der Waals surface area contributed by atoms with Crippen LogP contribution in [0.1, 0.15) is 12.8 Å². The quantitative estimate of drug-likeness (QED) is 0.470. The van der Waals surface area contributed by atoms with Gasteiger partial charge in [0.15, 0.2) is 5.78 Å². The summed E-state index contributed by atoms with van der Waals surface area (Å²) >= 11 is 0. The van der Waals surface area contributed by atoms with Gasteiger partial charge in [-0.15, -0.1) is 0 Å². The predicted molar refractivity (Wildman–Crippen MR) is 48.0 cm³/mol. The number of aldehydes is 1. The average Bonchev–Trinajstić information content (AvgIpc) is 2.19. The number of piperidine rings is 1. The van der Waals surface area contributed by atoms with Crippen molar-refractivity contribution in [2.75, 3.05) is 6.54 Å². The molecule has 0 aromatic rings. The van der Waals surface area contributed by atoms with Crippen LogP contribution in [0.25, 0.3) is 0 Å². The fraction of sp³-hybridized carbons (Fsp3) is 0.400. The summed E-state index contributed by atoms with van der Waals surface area (Å²) in [5.74, 6) is -0.513. The van der Waals surface area contributed by atoms with Crippen LogP contribution in [0.15, 0.2) is 23.4 Å². The van der Waals surface area contributed by atoms with Crippen LogP contribution in [-0.2, 0) is 9.59 Å². The molecule has 0 radical (unpaired) electrons. The minimum Gasteiger partial charge on any atom is -0.384 e. The maximum Gasteiger partial charge on any atom is 0.176 e. The third-order valence-electron chi connectivity index (χ3n) is 2.43. The second-order valence-corrected chi connectivity index (χ2v) is 3.30. The van der Waals surface area contributed by atoms with E-state index in [1.54, 1.807) is 0 Å². The molecule has 3 nitrogen and oxygen atoms in total. The largest absolute Gasteiger partial charge is 0.384 e. The summed E-state index contributed by atoms with van der Waals surface area (Å²) in [6.45, 7) is 0.450. The van der Waals surface area contributed by atoms with E-state index in [9.17, 15) is 9.59 Å². The maximum atomic E-state index is 11.6. The van der Waals surface area contributed by atoms with Crippen molar-refractivity contribution in [3.8, 4) is 0 Å². The molecule has 1 atom stereocenters. The topological polar surface area (TPSA) is 46.2 Å². The van der Waals surface area contributed by atoms with Crippen LogP contribution in [0.4, 0.5) is 0 Å². The first-order chi connectivity index (χ1) is 6.33. The van der Waals surface area contributed by atoms with E-state index in [2.05, 4.69) is 5.32 Å². The minimum absolute atomic E-state index is 0.0281. The van der Waals surface area contributed by atoms with Crippen LogP contribution in [-0.4, -0.2) is 18.6 Å². The third kappa shape index (κ3) is 1.30. The van der Waals surface area contributed by atoms with E-state index in [4.69, 9.17) is 0 Å². The van der Waals surface area contributed by atoms with Crippen molar-refractivity contribution in [3.63, 3.8) is 0 Å². The molecule has 1 unspecified atom stereocenters. The standard InChI is InChI=1S/C10H11NO2/c12-6-7-5-11-9-4-2-1-3-8(9)10(7)13/h3-4,6-7,11H,1-2,5H2. The minimum atomic E-state index is -0.485. The number of nitrogens with one attached hydrogen (secondary N) is 1. The molecule has 0 saturated carbocycles. The molecule has 0 bridgehead atoms. The van der Waals surface area contributed by atoms with Gasteiger partial charge in [0.2, 0.25) is 0 Å². The number of hydrogen-bond donors (Lipinski definition) is 1. The molecule has 68 valence electrons. The summed E-state index contributed by atoms with van der Waals surface area (Å²) in [5, 5.41) is 3.09. The first-order valence-electron chi connectivity index (χ1n) is 4.47. The van der Waals surface area contributed by atoms with E-state index in [1.165, 1.54) is 0 Å². The SMILES string of the molecule is O=CC1CNC2=CCCC=C2C1=O. The average molecular weight is 177 g/mol. The van der Waals surface area contributed by atoms with Gasteiger partial charge in [-0.2, -0.15) is 0 Å². The molecule has 2 rings (SSSR count). The van der Waals surface area contributed by atoms with Gasteiger partial charge < -0.3 is 10.1 Å². The number of rotatable bonds is 1. The Morgan fingerprint density at radius 2 is 2.15 bits per heavy atom.